The first kappa shape index (κ1) is 12.0. The Bertz CT molecular complexity index is 276. The van der Waals surface area contributed by atoms with Crippen LogP contribution in [0.3, 0.4) is 0 Å². The molecule has 90 valence electrons. The van der Waals surface area contributed by atoms with Crippen molar-refractivity contribution in [3.63, 3.8) is 0 Å². The van der Waals surface area contributed by atoms with Crippen molar-refractivity contribution in [3.05, 3.63) is 0 Å². The fraction of sp³-hybridized carbons (Fsp3) is 0.857. The van der Waals surface area contributed by atoms with E-state index in [1.54, 1.807) is 0 Å². The molecule has 2 fully saturated rings. The molecule has 0 aromatic rings. The lowest BCUT2D eigenvalue weighted by molar-refractivity contribution is -0.0239. The highest BCUT2D eigenvalue weighted by molar-refractivity contribution is 5.13. The van der Waals surface area contributed by atoms with E-state index in [1.165, 1.54) is 32.1 Å². The number of fused-ring (bicyclic) bond motifs is 2. The number of hydrogen-bond donors (Lipinski definition) is 1. The molecule has 0 aromatic carbocycles. The normalized spacial score (nSPS) is 35.8. The highest BCUT2D eigenvalue weighted by Crippen LogP contribution is 2.38. The fourth-order valence-corrected chi connectivity index (χ4v) is 3.60. The average molecular weight is 220 g/mol. The van der Waals surface area contributed by atoms with Gasteiger partial charge in [0.25, 0.3) is 0 Å². The van der Waals surface area contributed by atoms with E-state index < -0.39 is 0 Å². The molecule has 0 spiro atoms. The summed E-state index contributed by atoms with van der Waals surface area (Å²) in [4.78, 5) is 2.62. The van der Waals surface area contributed by atoms with E-state index in [4.69, 9.17) is 6.42 Å². The molecule has 0 aliphatic carbocycles. The van der Waals surface area contributed by atoms with Gasteiger partial charge >= 0.3 is 0 Å². The van der Waals surface area contributed by atoms with Crippen LogP contribution in [0.4, 0.5) is 0 Å². The lowest BCUT2D eigenvalue weighted by atomic mass is 9.78. The highest BCUT2D eigenvalue weighted by Gasteiger charge is 2.43. The molecule has 2 heteroatoms. The minimum Gasteiger partial charge on any atom is -0.317 e. The van der Waals surface area contributed by atoms with Crippen LogP contribution in [-0.4, -0.2) is 35.6 Å². The summed E-state index contributed by atoms with van der Waals surface area (Å²) in [6, 6.07) is 2.08. The maximum absolute atomic E-state index is 5.70. The molecule has 2 unspecified atom stereocenters. The number of nitrogens with one attached hydrogen (secondary N) is 1. The zero-order chi connectivity index (χ0) is 11.8. The van der Waals surface area contributed by atoms with Crippen molar-refractivity contribution >= 4 is 0 Å². The van der Waals surface area contributed by atoms with Crippen LogP contribution in [-0.2, 0) is 0 Å². The van der Waals surface area contributed by atoms with Crippen molar-refractivity contribution in [3.8, 4) is 12.3 Å². The molecule has 0 radical (unpaired) electrons. The van der Waals surface area contributed by atoms with Gasteiger partial charge in [-0.25, -0.2) is 0 Å². The van der Waals surface area contributed by atoms with Crippen LogP contribution in [0.1, 0.15) is 46.0 Å². The Labute approximate surface area is 99.8 Å². The lowest BCUT2D eigenvalue weighted by Crippen LogP contribution is -2.62. The largest absolute Gasteiger partial charge is 0.317 e. The van der Waals surface area contributed by atoms with Crippen LogP contribution < -0.4 is 5.32 Å². The maximum Gasteiger partial charge on any atom is 0.0770 e. The van der Waals surface area contributed by atoms with Crippen LogP contribution >= 0.6 is 0 Å². The van der Waals surface area contributed by atoms with Gasteiger partial charge in [-0.3, -0.25) is 4.90 Å². The van der Waals surface area contributed by atoms with Crippen molar-refractivity contribution in [2.24, 2.45) is 0 Å². The third-order valence-electron chi connectivity index (χ3n) is 4.38. The van der Waals surface area contributed by atoms with E-state index in [9.17, 15) is 0 Å². The quantitative estimate of drug-likeness (QED) is 0.716. The van der Waals surface area contributed by atoms with Gasteiger partial charge in [0, 0.05) is 18.1 Å². The van der Waals surface area contributed by atoms with Crippen molar-refractivity contribution < 1.29 is 0 Å². The Morgan fingerprint density at radius 3 is 2.25 bits per heavy atom. The summed E-state index contributed by atoms with van der Waals surface area (Å²) >= 11 is 0. The van der Waals surface area contributed by atoms with Crippen LogP contribution in [0.2, 0.25) is 0 Å². The SMILES string of the molecule is C#CC(C)(C)N1C2CCCC1CC(NC)C2. The highest BCUT2D eigenvalue weighted by atomic mass is 15.3. The number of nitrogens with zero attached hydrogens (tertiary/aromatic N) is 1. The van der Waals surface area contributed by atoms with E-state index >= 15 is 0 Å². The molecular formula is C14H24N2. The summed E-state index contributed by atoms with van der Waals surface area (Å²) in [5, 5.41) is 3.44. The Hall–Kier alpha value is -0.520. The molecule has 2 heterocycles. The molecule has 2 aliphatic heterocycles. The molecule has 1 N–H and O–H groups in total. The van der Waals surface area contributed by atoms with Gasteiger partial charge in [-0.2, -0.15) is 0 Å². The van der Waals surface area contributed by atoms with Crippen molar-refractivity contribution in [2.45, 2.75) is 69.6 Å². The van der Waals surface area contributed by atoms with E-state index in [0.717, 1.165) is 0 Å². The molecule has 2 nitrogen and oxygen atoms in total. The molecule has 2 saturated heterocycles. The van der Waals surface area contributed by atoms with E-state index in [2.05, 4.69) is 37.0 Å². The van der Waals surface area contributed by atoms with Crippen LogP contribution in [0.25, 0.3) is 0 Å². The lowest BCUT2D eigenvalue weighted by Gasteiger charge is -2.54. The molecule has 2 aliphatic rings. The minimum atomic E-state index is -0.0749. The van der Waals surface area contributed by atoms with E-state index in [-0.39, 0.29) is 5.54 Å². The molecule has 0 saturated carbocycles. The third-order valence-corrected chi connectivity index (χ3v) is 4.38. The zero-order valence-corrected chi connectivity index (χ0v) is 10.8. The topological polar surface area (TPSA) is 15.3 Å². The van der Waals surface area contributed by atoms with Crippen molar-refractivity contribution in [1.82, 2.24) is 10.2 Å². The summed E-state index contributed by atoms with van der Waals surface area (Å²) in [6.45, 7) is 4.38. The molecule has 0 aromatic heterocycles. The minimum absolute atomic E-state index is 0.0749. The van der Waals surface area contributed by atoms with Crippen LogP contribution in [0.15, 0.2) is 0 Å². The van der Waals surface area contributed by atoms with Gasteiger partial charge in [0.2, 0.25) is 0 Å². The van der Waals surface area contributed by atoms with E-state index in [0.29, 0.717) is 18.1 Å². The Morgan fingerprint density at radius 2 is 1.81 bits per heavy atom. The monoisotopic (exact) mass is 220 g/mol. The summed E-state index contributed by atoms with van der Waals surface area (Å²) in [7, 11) is 2.09. The molecule has 16 heavy (non-hydrogen) atoms. The second-order valence-electron chi connectivity index (χ2n) is 5.81. The van der Waals surface area contributed by atoms with E-state index in [1.807, 2.05) is 0 Å². The molecular weight excluding hydrogens is 196 g/mol. The predicted molar refractivity (Wildman–Crippen MR) is 68.3 cm³/mol. The number of hydrogen-bond acceptors (Lipinski definition) is 2. The summed E-state index contributed by atoms with van der Waals surface area (Å²) in [5.74, 6) is 2.98. The molecule has 0 amide bonds. The van der Waals surface area contributed by atoms with Gasteiger partial charge in [0.05, 0.1) is 5.54 Å². The van der Waals surface area contributed by atoms with Gasteiger partial charge in [-0.15, -0.1) is 6.42 Å². The summed E-state index contributed by atoms with van der Waals surface area (Å²) < 4.78 is 0. The molecule has 2 atom stereocenters. The van der Waals surface area contributed by atoms with Gasteiger partial charge in [0.1, 0.15) is 0 Å². The summed E-state index contributed by atoms with van der Waals surface area (Å²) in [6.07, 6.45) is 12.2. The predicted octanol–water partition coefficient (Wildman–Crippen LogP) is 2.00. The number of piperidine rings is 2. The molecule has 2 rings (SSSR count). The average Bonchev–Trinajstić information content (AvgIpc) is 2.27. The zero-order valence-electron chi connectivity index (χ0n) is 10.8. The molecule has 2 bridgehead atoms. The van der Waals surface area contributed by atoms with Gasteiger partial charge < -0.3 is 5.32 Å². The third kappa shape index (κ3) is 1.99. The summed E-state index contributed by atoms with van der Waals surface area (Å²) in [5.41, 5.74) is -0.0749. The smallest absolute Gasteiger partial charge is 0.0770 e. The fourth-order valence-electron chi connectivity index (χ4n) is 3.60. The number of terminal acetylenes is 1. The first-order valence-electron chi connectivity index (χ1n) is 6.52. The first-order valence-corrected chi connectivity index (χ1v) is 6.52. The Kier molecular flexibility index (Phi) is 3.28. The van der Waals surface area contributed by atoms with Crippen LogP contribution in [0.5, 0.6) is 0 Å². The first-order chi connectivity index (χ1) is 7.58. The van der Waals surface area contributed by atoms with Gasteiger partial charge in [-0.1, -0.05) is 12.3 Å². The van der Waals surface area contributed by atoms with Gasteiger partial charge in [-0.05, 0) is 46.6 Å². The second kappa shape index (κ2) is 4.39. The van der Waals surface area contributed by atoms with Crippen molar-refractivity contribution in [1.29, 1.82) is 0 Å². The maximum atomic E-state index is 5.70. The standard InChI is InChI=1S/C14H24N2/c1-5-14(2,3)16-12-7-6-8-13(16)10-11(9-12)15-4/h1,11-13,15H,6-10H2,2-4H3. The number of rotatable bonds is 2. The second-order valence-corrected chi connectivity index (χ2v) is 5.81. The van der Waals surface area contributed by atoms with Crippen LogP contribution in [0, 0.1) is 12.3 Å². The Morgan fingerprint density at radius 1 is 1.25 bits per heavy atom. The Balaban J connectivity index is 2.19. The van der Waals surface area contributed by atoms with Crippen molar-refractivity contribution in [2.75, 3.05) is 7.05 Å². The van der Waals surface area contributed by atoms with Gasteiger partial charge in [0.15, 0.2) is 0 Å².